The molecule has 4 N–H and O–H groups in total. The fraction of sp³-hybridized carbons (Fsp3) is 0.450. The number of amides is 4. The maximum Gasteiger partial charge on any atom is 0.407 e. The summed E-state index contributed by atoms with van der Waals surface area (Å²) in [4.78, 5) is 70.7. The number of hydrogen-bond acceptors (Lipinski definition) is 8. The molecule has 0 aliphatic carbocycles. The van der Waals surface area contributed by atoms with Crippen molar-refractivity contribution in [3.8, 4) is 33.6 Å². The fourth-order valence-electron chi connectivity index (χ4n) is 7.38. The maximum absolute atomic E-state index is 13.5. The standard InChI is InChI=1S/C40H50N8O6/c1-23(2)33(45-39(51)53-5)37(49)47-19-7-9-31(47)35-41-21-29(43-35)27-15-11-25(12-16-27)26-13-17-28(18-14-26)30-22-42-36(44-30)32-10-8-20-48(32)38(50)34(24(3)4)46-40(52)54-6/h11-18,21-24,31-34H,7-10,19-20H2,1-6H3,(H,41,43)(H,42,44)(H,45,51)(H,46,52)/t31-,32?,33?,34-/m0/s1. The van der Waals surface area contributed by atoms with Gasteiger partial charge >= 0.3 is 12.2 Å². The van der Waals surface area contributed by atoms with E-state index in [1.807, 2.05) is 52.0 Å². The summed E-state index contributed by atoms with van der Waals surface area (Å²) < 4.78 is 9.50. The van der Waals surface area contributed by atoms with Gasteiger partial charge in [0, 0.05) is 13.1 Å². The number of methoxy groups -OCH3 is 2. The number of nitrogens with one attached hydrogen (secondary N) is 4. The van der Waals surface area contributed by atoms with Crippen LogP contribution in [0.15, 0.2) is 60.9 Å². The highest BCUT2D eigenvalue weighted by molar-refractivity contribution is 5.87. The molecule has 286 valence electrons. The molecule has 2 unspecified atom stereocenters. The Morgan fingerprint density at radius 2 is 0.981 bits per heavy atom. The van der Waals surface area contributed by atoms with Crippen molar-refractivity contribution >= 4 is 24.0 Å². The fourth-order valence-corrected chi connectivity index (χ4v) is 7.38. The van der Waals surface area contributed by atoms with E-state index in [4.69, 9.17) is 9.47 Å². The van der Waals surface area contributed by atoms with Gasteiger partial charge in [-0.2, -0.15) is 0 Å². The zero-order valence-corrected chi connectivity index (χ0v) is 31.7. The number of benzene rings is 2. The van der Waals surface area contributed by atoms with Crippen molar-refractivity contribution in [2.24, 2.45) is 11.8 Å². The van der Waals surface area contributed by atoms with E-state index in [1.165, 1.54) is 14.2 Å². The molecule has 54 heavy (non-hydrogen) atoms. The van der Waals surface area contributed by atoms with Gasteiger partial charge in [-0.25, -0.2) is 19.6 Å². The van der Waals surface area contributed by atoms with Crippen molar-refractivity contribution in [3.05, 3.63) is 72.6 Å². The second-order valence-electron chi connectivity index (χ2n) is 14.6. The average Bonchev–Trinajstić information content (AvgIpc) is 4.02. The first-order valence-corrected chi connectivity index (χ1v) is 18.6. The quantitative estimate of drug-likeness (QED) is 0.140. The summed E-state index contributed by atoms with van der Waals surface area (Å²) >= 11 is 0. The number of alkyl carbamates (subject to hydrolysis) is 2. The van der Waals surface area contributed by atoms with Gasteiger partial charge in [-0.05, 0) is 59.8 Å². The first-order chi connectivity index (χ1) is 26.0. The minimum absolute atomic E-state index is 0.104. The molecule has 0 bridgehead atoms. The van der Waals surface area contributed by atoms with Crippen LogP contribution in [0.3, 0.4) is 0 Å². The highest BCUT2D eigenvalue weighted by atomic mass is 16.5. The topological polar surface area (TPSA) is 175 Å². The van der Waals surface area contributed by atoms with Crippen LogP contribution in [0, 0.1) is 11.8 Å². The van der Waals surface area contributed by atoms with Gasteiger partial charge in [0.05, 0.1) is 50.1 Å². The first-order valence-electron chi connectivity index (χ1n) is 18.6. The Kier molecular flexibility index (Phi) is 11.7. The van der Waals surface area contributed by atoms with Gasteiger partial charge in [0.15, 0.2) is 0 Å². The van der Waals surface area contributed by atoms with Crippen molar-refractivity contribution in [3.63, 3.8) is 0 Å². The van der Waals surface area contributed by atoms with Gasteiger partial charge in [0.1, 0.15) is 23.7 Å². The normalized spacial score (nSPS) is 18.1. The van der Waals surface area contributed by atoms with E-state index >= 15 is 0 Å². The second kappa shape index (κ2) is 16.6. The molecule has 2 aromatic carbocycles. The highest BCUT2D eigenvalue weighted by Crippen LogP contribution is 2.35. The van der Waals surface area contributed by atoms with Crippen molar-refractivity contribution < 1.29 is 28.7 Å². The minimum Gasteiger partial charge on any atom is -0.453 e. The van der Waals surface area contributed by atoms with E-state index in [2.05, 4.69) is 54.8 Å². The summed E-state index contributed by atoms with van der Waals surface area (Å²) in [6.45, 7) is 8.78. The highest BCUT2D eigenvalue weighted by Gasteiger charge is 2.39. The first kappa shape index (κ1) is 38.1. The van der Waals surface area contributed by atoms with Crippen LogP contribution in [-0.4, -0.2) is 93.1 Å². The smallest absolute Gasteiger partial charge is 0.407 e. The average molecular weight is 739 g/mol. The summed E-state index contributed by atoms with van der Waals surface area (Å²) in [5.41, 5.74) is 5.78. The molecule has 0 radical (unpaired) electrons. The van der Waals surface area contributed by atoms with Gasteiger partial charge in [0.25, 0.3) is 0 Å². The summed E-state index contributed by atoms with van der Waals surface area (Å²) in [6, 6.07) is 14.7. The number of imidazole rings is 2. The SMILES string of the molecule is COC(=O)NC(C(=O)N1CCC[C@H]1c1ncc(-c2ccc(-c3ccc(-c4cnc(C5CCCN5C(=O)[C@@H](NC(=O)OC)C(C)C)[nH]4)cc3)cc2)[nH]1)C(C)C. The van der Waals surface area contributed by atoms with E-state index < -0.39 is 24.3 Å². The molecule has 2 aliphatic rings. The molecule has 4 amide bonds. The van der Waals surface area contributed by atoms with Crippen LogP contribution < -0.4 is 10.6 Å². The van der Waals surface area contributed by atoms with E-state index in [0.29, 0.717) is 13.1 Å². The number of carbonyl (C=O) groups is 4. The lowest BCUT2D eigenvalue weighted by Gasteiger charge is -2.30. The van der Waals surface area contributed by atoms with Gasteiger partial charge in [0.2, 0.25) is 11.8 Å². The molecule has 2 fully saturated rings. The molecule has 4 atom stereocenters. The lowest BCUT2D eigenvalue weighted by molar-refractivity contribution is -0.136. The third-order valence-corrected chi connectivity index (χ3v) is 10.4. The molecular weight excluding hydrogens is 688 g/mol. The van der Waals surface area contributed by atoms with E-state index in [9.17, 15) is 19.2 Å². The molecule has 0 saturated carbocycles. The number of carbonyl (C=O) groups excluding carboxylic acids is 4. The van der Waals surface area contributed by atoms with Gasteiger partial charge in [-0.3, -0.25) is 9.59 Å². The molecule has 2 saturated heterocycles. The van der Waals surface area contributed by atoms with Gasteiger partial charge in [-0.15, -0.1) is 0 Å². The van der Waals surface area contributed by atoms with Crippen LogP contribution in [0.4, 0.5) is 9.59 Å². The largest absolute Gasteiger partial charge is 0.453 e. The molecular formula is C40H50N8O6. The molecule has 2 aliphatic heterocycles. The number of likely N-dealkylation sites (tertiary alicyclic amines) is 2. The van der Waals surface area contributed by atoms with Gasteiger partial charge in [-0.1, -0.05) is 76.2 Å². The van der Waals surface area contributed by atoms with E-state index in [0.717, 1.165) is 71.0 Å². The zero-order chi connectivity index (χ0) is 38.5. The second-order valence-corrected chi connectivity index (χ2v) is 14.6. The summed E-state index contributed by atoms with van der Waals surface area (Å²) in [5.74, 6) is 0.955. The van der Waals surface area contributed by atoms with Crippen molar-refractivity contribution in [2.75, 3.05) is 27.3 Å². The number of H-pyrrole nitrogens is 2. The predicted octanol–water partition coefficient (Wildman–Crippen LogP) is 6.22. The number of aromatic nitrogens is 4. The Morgan fingerprint density at radius 1 is 0.630 bits per heavy atom. The Labute approximate surface area is 315 Å². The third-order valence-electron chi connectivity index (χ3n) is 10.4. The van der Waals surface area contributed by atoms with Crippen molar-refractivity contribution in [1.29, 1.82) is 0 Å². The molecule has 4 aromatic rings. The molecule has 0 spiro atoms. The zero-order valence-electron chi connectivity index (χ0n) is 31.7. The number of hydrogen-bond donors (Lipinski definition) is 4. The Balaban J connectivity index is 1.11. The lowest BCUT2D eigenvalue weighted by atomic mass is 10.0. The Morgan fingerprint density at radius 3 is 1.31 bits per heavy atom. The number of ether oxygens (including phenoxy) is 2. The Bertz CT molecular complexity index is 1800. The third kappa shape index (κ3) is 8.12. The van der Waals surface area contributed by atoms with Crippen LogP contribution in [-0.2, 0) is 19.1 Å². The van der Waals surface area contributed by atoms with E-state index in [-0.39, 0.29) is 35.7 Å². The van der Waals surface area contributed by atoms with Crippen LogP contribution in [0.25, 0.3) is 33.6 Å². The molecule has 4 heterocycles. The molecule has 2 aromatic heterocycles. The van der Waals surface area contributed by atoms with Gasteiger partial charge < -0.3 is 39.9 Å². The van der Waals surface area contributed by atoms with Crippen LogP contribution >= 0.6 is 0 Å². The predicted molar refractivity (Wildman–Crippen MR) is 203 cm³/mol. The summed E-state index contributed by atoms with van der Waals surface area (Å²) in [7, 11) is 2.58. The van der Waals surface area contributed by atoms with Crippen molar-refractivity contribution in [1.82, 2.24) is 40.4 Å². The molecule has 14 heteroatoms. The number of rotatable bonds is 11. The monoisotopic (exact) mass is 738 g/mol. The van der Waals surface area contributed by atoms with Crippen LogP contribution in [0.2, 0.25) is 0 Å². The maximum atomic E-state index is 13.5. The number of aromatic amines is 2. The van der Waals surface area contributed by atoms with Crippen molar-refractivity contribution in [2.45, 2.75) is 77.5 Å². The Hall–Kier alpha value is -5.66. The lowest BCUT2D eigenvalue weighted by Crippen LogP contribution is -2.51. The summed E-state index contributed by atoms with van der Waals surface area (Å²) in [5, 5.41) is 5.38. The summed E-state index contributed by atoms with van der Waals surface area (Å²) in [6.07, 6.45) is 5.61. The minimum atomic E-state index is -0.687. The number of nitrogens with zero attached hydrogens (tertiary/aromatic N) is 4. The molecule has 6 rings (SSSR count). The van der Waals surface area contributed by atoms with Crippen LogP contribution in [0.5, 0.6) is 0 Å². The van der Waals surface area contributed by atoms with Crippen LogP contribution in [0.1, 0.15) is 77.1 Å². The molecule has 14 nitrogen and oxygen atoms in total. The van der Waals surface area contributed by atoms with E-state index in [1.54, 1.807) is 22.2 Å².